The maximum atomic E-state index is 11.7. The summed E-state index contributed by atoms with van der Waals surface area (Å²) in [5.74, 6) is 0.508. The second-order valence-electron chi connectivity index (χ2n) is 4.37. The summed E-state index contributed by atoms with van der Waals surface area (Å²) >= 11 is 1.28. The van der Waals surface area contributed by atoms with E-state index in [9.17, 15) is 4.79 Å². The lowest BCUT2D eigenvalue weighted by atomic mass is 10.1. The Morgan fingerprint density at radius 2 is 2.00 bits per heavy atom. The van der Waals surface area contributed by atoms with E-state index in [1.807, 2.05) is 30.3 Å². The third-order valence-electron chi connectivity index (χ3n) is 2.46. The highest BCUT2D eigenvalue weighted by Crippen LogP contribution is 2.28. The third-order valence-corrected chi connectivity index (χ3v) is 3.47. The molecule has 1 aromatic carbocycles. The first-order chi connectivity index (χ1) is 7.66. The van der Waals surface area contributed by atoms with Crippen LogP contribution >= 0.6 is 11.8 Å². The van der Waals surface area contributed by atoms with Crippen LogP contribution in [0.2, 0.25) is 0 Å². The van der Waals surface area contributed by atoms with Crippen LogP contribution in [0, 0.1) is 5.92 Å². The SMILES string of the molecule is CC(C)CC1N=C(c2ccccc2)SC1=O. The van der Waals surface area contributed by atoms with Gasteiger partial charge in [0.05, 0.1) is 0 Å². The molecule has 0 N–H and O–H groups in total. The van der Waals surface area contributed by atoms with Gasteiger partial charge in [-0.1, -0.05) is 44.2 Å². The monoisotopic (exact) mass is 233 g/mol. The third kappa shape index (κ3) is 2.53. The van der Waals surface area contributed by atoms with Crippen LogP contribution in [-0.4, -0.2) is 16.2 Å². The van der Waals surface area contributed by atoms with Crippen molar-refractivity contribution < 1.29 is 4.79 Å². The quantitative estimate of drug-likeness (QED) is 0.802. The summed E-state index contributed by atoms with van der Waals surface area (Å²) in [6.45, 7) is 4.24. The molecule has 16 heavy (non-hydrogen) atoms. The number of carbonyl (C=O) groups excluding carboxylic acids is 1. The Morgan fingerprint density at radius 3 is 2.62 bits per heavy atom. The smallest absolute Gasteiger partial charge is 0.219 e. The normalized spacial score (nSPS) is 20.3. The summed E-state index contributed by atoms with van der Waals surface area (Å²) in [6.07, 6.45) is 0.849. The lowest BCUT2D eigenvalue weighted by Crippen LogP contribution is -2.13. The van der Waals surface area contributed by atoms with Gasteiger partial charge >= 0.3 is 0 Å². The molecular weight excluding hydrogens is 218 g/mol. The van der Waals surface area contributed by atoms with Crippen LogP contribution < -0.4 is 0 Å². The molecule has 0 aromatic heterocycles. The number of aliphatic imine (C=N–C) groups is 1. The molecule has 0 amide bonds. The van der Waals surface area contributed by atoms with Gasteiger partial charge in [-0.3, -0.25) is 9.79 Å². The molecule has 1 aliphatic heterocycles. The summed E-state index contributed by atoms with van der Waals surface area (Å²) in [7, 11) is 0. The van der Waals surface area contributed by atoms with Crippen LogP contribution in [0.1, 0.15) is 25.8 Å². The zero-order valence-electron chi connectivity index (χ0n) is 9.51. The highest BCUT2D eigenvalue weighted by molar-refractivity contribution is 8.27. The average Bonchev–Trinajstić information content (AvgIpc) is 2.61. The van der Waals surface area contributed by atoms with Gasteiger partial charge in [0.2, 0.25) is 5.12 Å². The molecule has 0 aliphatic carbocycles. The number of carbonyl (C=O) groups is 1. The highest BCUT2D eigenvalue weighted by atomic mass is 32.2. The van der Waals surface area contributed by atoms with Gasteiger partial charge in [-0.15, -0.1) is 0 Å². The van der Waals surface area contributed by atoms with Gasteiger partial charge in [-0.25, -0.2) is 0 Å². The van der Waals surface area contributed by atoms with E-state index in [1.54, 1.807) is 0 Å². The van der Waals surface area contributed by atoms with Crippen LogP contribution in [0.3, 0.4) is 0 Å². The zero-order valence-corrected chi connectivity index (χ0v) is 10.3. The molecule has 0 saturated carbocycles. The fraction of sp³-hybridized carbons (Fsp3) is 0.385. The Labute approximate surface area is 100 Å². The van der Waals surface area contributed by atoms with Crippen LogP contribution in [0.4, 0.5) is 0 Å². The Kier molecular flexibility index (Phi) is 3.44. The van der Waals surface area contributed by atoms with Crippen molar-refractivity contribution in [3.63, 3.8) is 0 Å². The molecule has 0 radical (unpaired) electrons. The Bertz CT molecular complexity index is 411. The first kappa shape index (κ1) is 11.4. The van der Waals surface area contributed by atoms with Gasteiger partial charge in [-0.2, -0.15) is 0 Å². The second kappa shape index (κ2) is 4.83. The van der Waals surface area contributed by atoms with Crippen molar-refractivity contribution in [1.82, 2.24) is 0 Å². The predicted octanol–water partition coefficient (Wildman–Crippen LogP) is 3.12. The largest absolute Gasteiger partial charge is 0.284 e. The molecule has 1 aliphatic rings. The Hall–Kier alpha value is -1.09. The lowest BCUT2D eigenvalue weighted by Gasteiger charge is -2.06. The summed E-state index contributed by atoms with van der Waals surface area (Å²) in [5.41, 5.74) is 1.05. The van der Waals surface area contributed by atoms with Crippen molar-refractivity contribution in [2.24, 2.45) is 10.9 Å². The number of hydrogen-bond acceptors (Lipinski definition) is 3. The van der Waals surface area contributed by atoms with Crippen LogP contribution in [0.5, 0.6) is 0 Å². The van der Waals surface area contributed by atoms with Gasteiger partial charge in [-0.05, 0) is 24.1 Å². The van der Waals surface area contributed by atoms with Crippen molar-refractivity contribution in [3.05, 3.63) is 35.9 Å². The van der Waals surface area contributed by atoms with E-state index in [4.69, 9.17) is 0 Å². The molecule has 1 aromatic rings. The summed E-state index contributed by atoms with van der Waals surface area (Å²) in [5, 5.41) is 1.06. The van der Waals surface area contributed by atoms with E-state index in [0.717, 1.165) is 17.0 Å². The number of benzene rings is 1. The molecule has 1 heterocycles. The molecule has 2 rings (SSSR count). The number of nitrogens with zero attached hydrogens (tertiary/aromatic N) is 1. The maximum Gasteiger partial charge on any atom is 0.219 e. The fourth-order valence-corrected chi connectivity index (χ4v) is 2.60. The first-order valence-corrected chi connectivity index (χ1v) is 6.33. The van der Waals surface area contributed by atoms with Gasteiger partial charge in [0, 0.05) is 5.56 Å². The standard InChI is InChI=1S/C13H15NOS/c1-9(2)8-11-13(15)16-12(14-11)10-6-4-3-5-7-10/h3-7,9,11H,8H2,1-2H3. The maximum absolute atomic E-state index is 11.7. The molecule has 0 fully saturated rings. The number of rotatable bonds is 3. The highest BCUT2D eigenvalue weighted by Gasteiger charge is 2.28. The topological polar surface area (TPSA) is 29.4 Å². The van der Waals surface area contributed by atoms with E-state index < -0.39 is 0 Å². The van der Waals surface area contributed by atoms with Crippen molar-refractivity contribution in [1.29, 1.82) is 0 Å². The van der Waals surface area contributed by atoms with Crippen LogP contribution in [-0.2, 0) is 4.79 Å². The van der Waals surface area contributed by atoms with E-state index in [-0.39, 0.29) is 11.2 Å². The predicted molar refractivity (Wildman–Crippen MR) is 68.8 cm³/mol. The van der Waals surface area contributed by atoms with Gasteiger partial charge < -0.3 is 0 Å². The molecular formula is C13H15NOS. The summed E-state index contributed by atoms with van der Waals surface area (Å²) in [6, 6.07) is 9.77. The minimum atomic E-state index is -0.139. The molecule has 0 spiro atoms. The summed E-state index contributed by atoms with van der Waals surface area (Å²) in [4.78, 5) is 16.3. The van der Waals surface area contributed by atoms with E-state index in [0.29, 0.717) is 5.92 Å². The van der Waals surface area contributed by atoms with Gasteiger partial charge in [0.25, 0.3) is 0 Å². The fourth-order valence-electron chi connectivity index (χ4n) is 1.69. The molecule has 1 atom stereocenters. The van der Waals surface area contributed by atoms with E-state index >= 15 is 0 Å². The molecule has 3 heteroatoms. The van der Waals surface area contributed by atoms with Crippen molar-refractivity contribution in [2.75, 3.05) is 0 Å². The van der Waals surface area contributed by atoms with E-state index in [2.05, 4.69) is 18.8 Å². The van der Waals surface area contributed by atoms with Crippen molar-refractivity contribution in [2.45, 2.75) is 26.3 Å². The average molecular weight is 233 g/mol. The second-order valence-corrected chi connectivity index (χ2v) is 5.36. The Morgan fingerprint density at radius 1 is 1.31 bits per heavy atom. The molecule has 84 valence electrons. The number of thioether (sulfide) groups is 1. The summed E-state index contributed by atoms with van der Waals surface area (Å²) < 4.78 is 0. The molecule has 0 bridgehead atoms. The van der Waals surface area contributed by atoms with Gasteiger partial charge in [0.15, 0.2) is 0 Å². The molecule has 0 saturated heterocycles. The first-order valence-electron chi connectivity index (χ1n) is 5.51. The van der Waals surface area contributed by atoms with Crippen molar-refractivity contribution in [3.8, 4) is 0 Å². The van der Waals surface area contributed by atoms with Crippen LogP contribution in [0.25, 0.3) is 0 Å². The Balaban J connectivity index is 2.17. The minimum absolute atomic E-state index is 0.139. The van der Waals surface area contributed by atoms with E-state index in [1.165, 1.54) is 11.8 Å². The van der Waals surface area contributed by atoms with Crippen molar-refractivity contribution >= 4 is 21.9 Å². The molecule has 2 nitrogen and oxygen atoms in total. The zero-order chi connectivity index (χ0) is 11.5. The number of hydrogen-bond donors (Lipinski definition) is 0. The lowest BCUT2D eigenvalue weighted by molar-refractivity contribution is -0.112. The minimum Gasteiger partial charge on any atom is -0.284 e. The molecule has 1 unspecified atom stereocenters. The van der Waals surface area contributed by atoms with Gasteiger partial charge in [0.1, 0.15) is 11.1 Å². The van der Waals surface area contributed by atoms with Crippen LogP contribution in [0.15, 0.2) is 35.3 Å².